The Labute approximate surface area is 134 Å². The van der Waals surface area contributed by atoms with Crippen molar-refractivity contribution in [2.24, 2.45) is 0 Å². The molecule has 5 nitrogen and oxygen atoms in total. The number of hydrogen-bond donors (Lipinski definition) is 0. The molecule has 0 bridgehead atoms. The van der Waals surface area contributed by atoms with Crippen molar-refractivity contribution in [3.63, 3.8) is 0 Å². The van der Waals surface area contributed by atoms with Crippen LogP contribution in [-0.4, -0.2) is 51.5 Å². The van der Waals surface area contributed by atoms with Gasteiger partial charge in [-0.3, -0.25) is 9.69 Å². The van der Waals surface area contributed by atoms with Crippen molar-refractivity contribution in [1.82, 2.24) is 19.4 Å². The van der Waals surface area contributed by atoms with Crippen LogP contribution in [0.5, 0.6) is 0 Å². The fourth-order valence-electron chi connectivity index (χ4n) is 2.70. The van der Waals surface area contributed by atoms with E-state index in [1.165, 1.54) is 22.7 Å². The van der Waals surface area contributed by atoms with Gasteiger partial charge in [-0.1, -0.05) is 34.3 Å². The van der Waals surface area contributed by atoms with Gasteiger partial charge in [-0.2, -0.15) is 0 Å². The van der Waals surface area contributed by atoms with Crippen molar-refractivity contribution in [2.45, 2.75) is 19.9 Å². The monoisotopic (exact) mass is 316 g/mol. The molecule has 2 heterocycles. The van der Waals surface area contributed by atoms with Crippen molar-refractivity contribution in [3.05, 3.63) is 46.5 Å². The highest BCUT2D eigenvalue weighted by atomic mass is 32.1. The van der Waals surface area contributed by atoms with Gasteiger partial charge in [0.15, 0.2) is 5.69 Å². The lowest BCUT2D eigenvalue weighted by Crippen LogP contribution is -2.35. The summed E-state index contributed by atoms with van der Waals surface area (Å²) < 4.78 is 3.77. The molecule has 0 unspecified atom stereocenters. The van der Waals surface area contributed by atoms with Gasteiger partial charge in [0, 0.05) is 38.1 Å². The summed E-state index contributed by atoms with van der Waals surface area (Å²) in [4.78, 5) is 16.6. The van der Waals surface area contributed by atoms with Gasteiger partial charge in [0.25, 0.3) is 5.91 Å². The van der Waals surface area contributed by atoms with E-state index in [2.05, 4.69) is 45.7 Å². The van der Waals surface area contributed by atoms with Gasteiger partial charge in [0.1, 0.15) is 0 Å². The Hall–Kier alpha value is -1.79. The maximum absolute atomic E-state index is 12.3. The molecule has 0 N–H and O–H groups in total. The molecule has 0 aliphatic carbocycles. The lowest BCUT2D eigenvalue weighted by atomic mass is 10.1. The Morgan fingerprint density at radius 2 is 2.00 bits per heavy atom. The number of carbonyl (C=O) groups is 1. The molecular weight excluding hydrogens is 296 g/mol. The van der Waals surface area contributed by atoms with E-state index in [1.807, 2.05) is 4.90 Å². The van der Waals surface area contributed by atoms with E-state index >= 15 is 0 Å². The molecule has 1 aliphatic rings. The lowest BCUT2D eigenvalue weighted by molar-refractivity contribution is 0.0755. The normalized spacial score (nSPS) is 16.5. The second-order valence-electron chi connectivity index (χ2n) is 5.70. The van der Waals surface area contributed by atoms with Gasteiger partial charge in [-0.25, -0.2) is 0 Å². The van der Waals surface area contributed by atoms with Gasteiger partial charge >= 0.3 is 0 Å². The summed E-state index contributed by atoms with van der Waals surface area (Å²) in [6.07, 6.45) is 0.995. The van der Waals surface area contributed by atoms with Gasteiger partial charge in [0.2, 0.25) is 0 Å². The lowest BCUT2D eigenvalue weighted by Gasteiger charge is -2.21. The van der Waals surface area contributed by atoms with E-state index in [9.17, 15) is 4.79 Å². The number of nitrogens with zero attached hydrogens (tertiary/aromatic N) is 4. The zero-order chi connectivity index (χ0) is 15.4. The first-order chi connectivity index (χ1) is 10.7. The first-order valence-corrected chi connectivity index (χ1v) is 8.40. The highest BCUT2D eigenvalue weighted by Gasteiger charge is 2.21. The summed E-state index contributed by atoms with van der Waals surface area (Å²) in [5.41, 5.74) is 3.08. The van der Waals surface area contributed by atoms with Gasteiger partial charge in [-0.15, -0.1) is 5.10 Å². The predicted octanol–water partition coefficient (Wildman–Crippen LogP) is 2.19. The highest BCUT2D eigenvalue weighted by molar-refractivity contribution is 7.03. The molecule has 0 spiro atoms. The first kappa shape index (κ1) is 15.1. The predicted molar refractivity (Wildman–Crippen MR) is 86.9 cm³/mol. The third-order valence-electron chi connectivity index (χ3n) is 3.98. The maximum atomic E-state index is 12.3. The smallest absolute Gasteiger partial charge is 0.275 e. The second-order valence-corrected chi connectivity index (χ2v) is 6.31. The van der Waals surface area contributed by atoms with Crippen molar-refractivity contribution in [2.75, 3.05) is 26.2 Å². The Balaban J connectivity index is 1.58. The topological polar surface area (TPSA) is 49.3 Å². The van der Waals surface area contributed by atoms with Crippen LogP contribution in [-0.2, 0) is 6.54 Å². The summed E-state index contributed by atoms with van der Waals surface area (Å²) in [6, 6.07) is 8.67. The Morgan fingerprint density at radius 3 is 2.73 bits per heavy atom. The molecule has 0 saturated carbocycles. The average Bonchev–Trinajstić information content (AvgIpc) is 2.96. The number of benzene rings is 1. The fraction of sp³-hybridized carbons (Fsp3) is 0.438. The second kappa shape index (κ2) is 6.98. The highest BCUT2D eigenvalue weighted by Crippen LogP contribution is 2.12. The van der Waals surface area contributed by atoms with E-state index in [4.69, 9.17) is 0 Å². The molecule has 0 atom stereocenters. The van der Waals surface area contributed by atoms with E-state index in [-0.39, 0.29) is 5.91 Å². The zero-order valence-electron chi connectivity index (χ0n) is 12.7. The van der Waals surface area contributed by atoms with Crippen LogP contribution in [0.1, 0.15) is 28.0 Å². The average molecular weight is 316 g/mol. The van der Waals surface area contributed by atoms with E-state index < -0.39 is 0 Å². The molecule has 116 valence electrons. The van der Waals surface area contributed by atoms with Crippen LogP contribution >= 0.6 is 11.5 Å². The van der Waals surface area contributed by atoms with Gasteiger partial charge in [-0.05, 0) is 30.4 Å². The Bertz CT molecular complexity index is 612. The van der Waals surface area contributed by atoms with Crippen molar-refractivity contribution in [1.29, 1.82) is 0 Å². The molecule has 1 aliphatic heterocycles. The SMILES string of the molecule is Cc1ccc(CN2CCCN(C(=O)c3csnn3)CC2)cc1. The van der Waals surface area contributed by atoms with Crippen LogP contribution < -0.4 is 0 Å². The minimum absolute atomic E-state index is 0.00550. The maximum Gasteiger partial charge on any atom is 0.275 e. The number of rotatable bonds is 3. The van der Waals surface area contributed by atoms with Crippen LogP contribution in [0.3, 0.4) is 0 Å². The molecule has 6 heteroatoms. The first-order valence-electron chi connectivity index (χ1n) is 7.56. The molecule has 1 amide bonds. The van der Waals surface area contributed by atoms with Crippen LogP contribution in [0.25, 0.3) is 0 Å². The summed E-state index contributed by atoms with van der Waals surface area (Å²) >= 11 is 1.22. The van der Waals surface area contributed by atoms with E-state index in [0.717, 1.165) is 39.1 Å². The number of amides is 1. The number of hydrogen-bond acceptors (Lipinski definition) is 5. The van der Waals surface area contributed by atoms with Crippen molar-refractivity contribution < 1.29 is 4.79 Å². The number of aromatic nitrogens is 2. The standard InChI is InChI=1S/C16H20N4OS/c1-13-3-5-14(6-4-13)11-19-7-2-8-20(10-9-19)16(21)15-12-22-18-17-15/h3-6,12H,2,7-11H2,1H3. The van der Waals surface area contributed by atoms with Gasteiger partial charge < -0.3 is 4.90 Å². The molecule has 0 radical (unpaired) electrons. The molecule has 1 aromatic heterocycles. The molecule has 22 heavy (non-hydrogen) atoms. The quantitative estimate of drug-likeness (QED) is 0.871. The van der Waals surface area contributed by atoms with Crippen molar-refractivity contribution >= 4 is 17.4 Å². The van der Waals surface area contributed by atoms with Crippen molar-refractivity contribution in [3.8, 4) is 0 Å². The minimum Gasteiger partial charge on any atom is -0.336 e. The molecule has 3 rings (SSSR count). The summed E-state index contributed by atoms with van der Waals surface area (Å²) in [7, 11) is 0. The van der Waals surface area contributed by atoms with Crippen LogP contribution in [0.4, 0.5) is 0 Å². The summed E-state index contributed by atoms with van der Waals surface area (Å²) in [5, 5.41) is 5.60. The molecular formula is C16H20N4OS. The minimum atomic E-state index is 0.00550. The summed E-state index contributed by atoms with van der Waals surface area (Å²) in [6.45, 7) is 6.51. The Kier molecular flexibility index (Phi) is 4.80. The molecule has 1 fully saturated rings. The number of aryl methyl sites for hydroxylation is 1. The van der Waals surface area contributed by atoms with E-state index in [1.54, 1.807) is 5.38 Å². The van der Waals surface area contributed by atoms with Gasteiger partial charge in [0.05, 0.1) is 0 Å². The van der Waals surface area contributed by atoms with Crippen LogP contribution in [0.15, 0.2) is 29.6 Å². The molecule has 1 saturated heterocycles. The van der Waals surface area contributed by atoms with Crippen LogP contribution in [0, 0.1) is 6.92 Å². The fourth-order valence-corrected chi connectivity index (χ4v) is 3.13. The Morgan fingerprint density at radius 1 is 1.18 bits per heavy atom. The van der Waals surface area contributed by atoms with Crippen LogP contribution in [0.2, 0.25) is 0 Å². The third-order valence-corrected chi connectivity index (χ3v) is 4.49. The molecule has 2 aromatic rings. The largest absolute Gasteiger partial charge is 0.336 e. The van der Waals surface area contributed by atoms with E-state index in [0.29, 0.717) is 5.69 Å². The summed E-state index contributed by atoms with van der Waals surface area (Å²) in [5.74, 6) is 0.00550. The molecule has 1 aromatic carbocycles. The zero-order valence-corrected chi connectivity index (χ0v) is 13.6. The third kappa shape index (κ3) is 3.69. The number of carbonyl (C=O) groups excluding carboxylic acids is 1.